The number of hydrogen-bond donors (Lipinski definition) is 1. The standard InChI is InChI=1S/C22H28N4O/c1-25-11-8-19-20(24-15-23-19)22(25)9-12-26(13-10-22)21(27)18-7-6-16-4-2-3-5-17(16)14-18/h2-5,15,18H,6-14H2,1H3,(H,23,24)/t18-/m1/s1. The molecule has 5 nitrogen and oxygen atoms in total. The Hall–Kier alpha value is -2.14. The Morgan fingerprint density at radius 1 is 1.15 bits per heavy atom. The molecule has 1 aromatic carbocycles. The molecule has 5 heteroatoms. The summed E-state index contributed by atoms with van der Waals surface area (Å²) in [6.45, 7) is 2.74. The van der Waals surface area contributed by atoms with Crippen molar-refractivity contribution in [2.45, 2.75) is 44.1 Å². The minimum absolute atomic E-state index is 0.00350. The van der Waals surface area contributed by atoms with Gasteiger partial charge in [0.1, 0.15) is 0 Å². The second-order valence-electron chi connectivity index (χ2n) is 8.47. The lowest BCUT2D eigenvalue weighted by atomic mass is 9.78. The number of fused-ring (bicyclic) bond motifs is 3. The average Bonchev–Trinajstić information content (AvgIpc) is 3.20. The van der Waals surface area contributed by atoms with Crippen molar-refractivity contribution >= 4 is 5.91 Å². The predicted octanol–water partition coefficient (Wildman–Crippen LogP) is 2.52. The number of aromatic nitrogens is 2. The van der Waals surface area contributed by atoms with Crippen molar-refractivity contribution in [3.05, 3.63) is 53.1 Å². The quantitative estimate of drug-likeness (QED) is 0.846. The molecule has 1 aliphatic carbocycles. The number of aryl methyl sites for hydroxylation is 1. The van der Waals surface area contributed by atoms with E-state index in [2.05, 4.69) is 51.1 Å². The van der Waals surface area contributed by atoms with Gasteiger partial charge < -0.3 is 9.88 Å². The summed E-state index contributed by atoms with van der Waals surface area (Å²) >= 11 is 0. The monoisotopic (exact) mass is 364 g/mol. The van der Waals surface area contributed by atoms with E-state index in [1.165, 1.54) is 22.5 Å². The van der Waals surface area contributed by atoms with Gasteiger partial charge in [-0.3, -0.25) is 9.69 Å². The van der Waals surface area contributed by atoms with Crippen molar-refractivity contribution in [2.24, 2.45) is 5.92 Å². The number of benzene rings is 1. The Bertz CT molecular complexity index is 850. The summed E-state index contributed by atoms with van der Waals surface area (Å²) in [7, 11) is 2.22. The van der Waals surface area contributed by atoms with Gasteiger partial charge in [0.05, 0.1) is 17.6 Å². The molecule has 0 saturated carbocycles. The highest BCUT2D eigenvalue weighted by atomic mass is 16.2. The number of nitrogens with one attached hydrogen (secondary N) is 1. The molecule has 142 valence electrons. The highest BCUT2D eigenvalue weighted by Crippen LogP contribution is 2.41. The number of nitrogens with zero attached hydrogens (tertiary/aromatic N) is 3. The first-order valence-electron chi connectivity index (χ1n) is 10.3. The van der Waals surface area contributed by atoms with Gasteiger partial charge in [-0.15, -0.1) is 0 Å². The molecular weight excluding hydrogens is 336 g/mol. The van der Waals surface area contributed by atoms with E-state index in [4.69, 9.17) is 0 Å². The molecule has 1 amide bonds. The van der Waals surface area contributed by atoms with Crippen molar-refractivity contribution < 1.29 is 4.79 Å². The molecule has 1 atom stereocenters. The molecular formula is C22H28N4O. The highest BCUT2D eigenvalue weighted by Gasteiger charge is 2.46. The van der Waals surface area contributed by atoms with Crippen molar-refractivity contribution in [2.75, 3.05) is 26.7 Å². The Morgan fingerprint density at radius 3 is 2.74 bits per heavy atom. The van der Waals surface area contributed by atoms with Gasteiger partial charge in [0.25, 0.3) is 0 Å². The van der Waals surface area contributed by atoms with Gasteiger partial charge >= 0.3 is 0 Å². The number of rotatable bonds is 1. The molecule has 0 unspecified atom stereocenters. The molecule has 5 rings (SSSR count). The van der Waals surface area contributed by atoms with Crippen LogP contribution in [-0.4, -0.2) is 52.4 Å². The summed E-state index contributed by atoms with van der Waals surface area (Å²) < 4.78 is 0. The molecule has 3 heterocycles. The third-order valence-corrected chi connectivity index (χ3v) is 7.19. The number of aromatic amines is 1. The van der Waals surface area contributed by atoms with Crippen molar-refractivity contribution in [1.29, 1.82) is 0 Å². The molecule has 27 heavy (non-hydrogen) atoms. The lowest BCUT2D eigenvalue weighted by molar-refractivity contribution is -0.139. The first-order valence-corrected chi connectivity index (χ1v) is 10.3. The van der Waals surface area contributed by atoms with Crippen molar-refractivity contribution in [1.82, 2.24) is 19.8 Å². The number of likely N-dealkylation sites (tertiary alicyclic amines) is 1. The number of piperidine rings is 1. The number of hydrogen-bond acceptors (Lipinski definition) is 3. The molecule has 1 aromatic heterocycles. The minimum atomic E-state index is 0.00350. The van der Waals surface area contributed by atoms with Crippen molar-refractivity contribution in [3.63, 3.8) is 0 Å². The van der Waals surface area contributed by atoms with Gasteiger partial charge in [0.15, 0.2) is 0 Å². The average molecular weight is 364 g/mol. The summed E-state index contributed by atoms with van der Waals surface area (Å²) in [6, 6.07) is 8.60. The number of carbonyl (C=O) groups excluding carboxylic acids is 1. The lowest BCUT2D eigenvalue weighted by Crippen LogP contribution is -2.56. The van der Waals surface area contributed by atoms with Crippen LogP contribution in [0.1, 0.15) is 41.8 Å². The highest BCUT2D eigenvalue weighted by molar-refractivity contribution is 5.79. The third kappa shape index (κ3) is 2.71. The van der Waals surface area contributed by atoms with Gasteiger partial charge in [0, 0.05) is 37.7 Å². The van der Waals surface area contributed by atoms with Gasteiger partial charge in [-0.2, -0.15) is 0 Å². The zero-order valence-electron chi connectivity index (χ0n) is 16.1. The van der Waals surface area contributed by atoms with Crippen molar-refractivity contribution in [3.8, 4) is 0 Å². The number of H-pyrrole nitrogens is 1. The summed E-state index contributed by atoms with van der Waals surface area (Å²) in [4.78, 5) is 25.8. The molecule has 1 fully saturated rings. The van der Waals surface area contributed by atoms with Crippen LogP contribution in [0, 0.1) is 5.92 Å². The van der Waals surface area contributed by atoms with Gasteiger partial charge in [-0.25, -0.2) is 4.98 Å². The number of likely N-dealkylation sites (N-methyl/N-ethyl adjacent to an activating group) is 1. The normalized spacial score (nSPS) is 24.5. The maximum Gasteiger partial charge on any atom is 0.226 e. The van der Waals surface area contributed by atoms with Crippen LogP contribution in [0.5, 0.6) is 0 Å². The Balaban J connectivity index is 1.30. The summed E-state index contributed by atoms with van der Waals surface area (Å²) in [6.07, 6.45) is 7.76. The molecule has 1 saturated heterocycles. The molecule has 2 aliphatic heterocycles. The van der Waals surface area contributed by atoms with E-state index in [1.54, 1.807) is 0 Å². The molecule has 0 radical (unpaired) electrons. The minimum Gasteiger partial charge on any atom is -0.348 e. The Morgan fingerprint density at radius 2 is 1.93 bits per heavy atom. The van der Waals surface area contributed by atoms with E-state index in [1.807, 2.05) is 6.33 Å². The Labute approximate surface area is 160 Å². The van der Waals surface area contributed by atoms with Crippen LogP contribution in [0.2, 0.25) is 0 Å². The van der Waals surface area contributed by atoms with E-state index in [9.17, 15) is 4.79 Å². The fourth-order valence-electron chi connectivity index (χ4n) is 5.47. The first-order chi connectivity index (χ1) is 13.2. The maximum atomic E-state index is 13.2. The van der Waals surface area contributed by atoms with Crippen LogP contribution in [0.3, 0.4) is 0 Å². The van der Waals surface area contributed by atoms with Gasteiger partial charge in [0.2, 0.25) is 5.91 Å². The van der Waals surface area contributed by atoms with Gasteiger partial charge in [-0.05, 0) is 50.3 Å². The fourth-order valence-corrected chi connectivity index (χ4v) is 5.47. The van der Waals surface area contributed by atoms with Crippen LogP contribution in [-0.2, 0) is 29.6 Å². The molecule has 2 aromatic rings. The van der Waals surface area contributed by atoms with E-state index in [-0.39, 0.29) is 11.5 Å². The smallest absolute Gasteiger partial charge is 0.226 e. The number of carbonyl (C=O) groups is 1. The van der Waals surface area contributed by atoms with Gasteiger partial charge in [-0.1, -0.05) is 24.3 Å². The lowest BCUT2D eigenvalue weighted by Gasteiger charge is -2.49. The van der Waals surface area contributed by atoms with Crippen LogP contribution < -0.4 is 0 Å². The van der Waals surface area contributed by atoms with E-state index in [0.717, 1.165) is 58.2 Å². The fraction of sp³-hybridized carbons (Fsp3) is 0.545. The largest absolute Gasteiger partial charge is 0.348 e. The molecule has 3 aliphatic rings. The second-order valence-corrected chi connectivity index (χ2v) is 8.47. The topological polar surface area (TPSA) is 52.2 Å². The summed E-state index contributed by atoms with van der Waals surface area (Å²) in [5.74, 6) is 0.513. The third-order valence-electron chi connectivity index (χ3n) is 7.19. The number of amides is 1. The van der Waals surface area contributed by atoms with Crippen LogP contribution >= 0.6 is 0 Å². The van der Waals surface area contributed by atoms with E-state index < -0.39 is 0 Å². The zero-order chi connectivity index (χ0) is 18.4. The number of imidazole rings is 1. The predicted molar refractivity (Wildman–Crippen MR) is 104 cm³/mol. The Kier molecular flexibility index (Phi) is 4.08. The first kappa shape index (κ1) is 17.0. The summed E-state index contributed by atoms with van der Waals surface area (Å²) in [5, 5.41) is 0. The zero-order valence-corrected chi connectivity index (χ0v) is 16.1. The molecule has 1 N–H and O–H groups in total. The SMILES string of the molecule is CN1CCc2[nH]cnc2C12CCN(C(=O)[C@@H]1CCc3ccccc3C1)CC2. The van der Waals surface area contributed by atoms with Crippen LogP contribution in [0.25, 0.3) is 0 Å². The van der Waals surface area contributed by atoms with Crippen LogP contribution in [0.4, 0.5) is 0 Å². The van der Waals surface area contributed by atoms with E-state index >= 15 is 0 Å². The molecule has 1 spiro atoms. The summed E-state index contributed by atoms with van der Waals surface area (Å²) in [5.41, 5.74) is 5.30. The van der Waals surface area contributed by atoms with Crippen LogP contribution in [0.15, 0.2) is 30.6 Å². The maximum absolute atomic E-state index is 13.2. The molecule has 0 bridgehead atoms. The second kappa shape index (κ2) is 6.48. The van der Waals surface area contributed by atoms with E-state index in [0.29, 0.717) is 5.91 Å².